The molecule has 0 fully saturated rings. The molecule has 0 amide bonds. The van der Waals surface area contributed by atoms with Gasteiger partial charge in [-0.05, 0) is 40.9 Å². The zero-order valence-corrected chi connectivity index (χ0v) is 13.0. The lowest BCUT2D eigenvalue weighted by atomic mass is 10.0. The van der Waals surface area contributed by atoms with Crippen molar-refractivity contribution < 1.29 is 24.2 Å². The highest BCUT2D eigenvalue weighted by molar-refractivity contribution is 9.10. The number of carboxylic acid groups (broad SMARTS) is 1. The minimum atomic E-state index is -0.843. The average Bonchev–Trinajstić information content (AvgIpc) is 2.42. The van der Waals surface area contributed by atoms with E-state index in [0.29, 0.717) is 40.8 Å². The van der Waals surface area contributed by atoms with E-state index in [1.54, 1.807) is 12.1 Å². The molecule has 1 aromatic carbocycles. The monoisotopic (exact) mass is 344 g/mol. The molecule has 1 aromatic rings. The van der Waals surface area contributed by atoms with Crippen LogP contribution in [0, 0.1) is 0 Å². The Morgan fingerprint density at radius 3 is 2.20 bits per heavy atom. The maximum Gasteiger partial charge on any atom is 0.303 e. The van der Waals surface area contributed by atoms with E-state index < -0.39 is 5.97 Å². The van der Waals surface area contributed by atoms with Gasteiger partial charge in [-0.3, -0.25) is 9.59 Å². The van der Waals surface area contributed by atoms with Gasteiger partial charge in [-0.2, -0.15) is 0 Å². The molecule has 20 heavy (non-hydrogen) atoms. The molecule has 0 aliphatic rings. The molecule has 0 saturated carbocycles. The van der Waals surface area contributed by atoms with Crippen molar-refractivity contribution in [3.05, 3.63) is 22.2 Å². The number of rotatable bonds is 8. The third kappa shape index (κ3) is 4.52. The van der Waals surface area contributed by atoms with Crippen LogP contribution in [0.2, 0.25) is 0 Å². The Labute approximate surface area is 126 Å². The van der Waals surface area contributed by atoms with Crippen molar-refractivity contribution in [1.82, 2.24) is 0 Å². The first-order chi connectivity index (χ1) is 9.49. The number of carbonyl (C=O) groups excluding carboxylic acids is 1. The number of unbranched alkanes of at least 4 members (excludes halogenated alkanes) is 1. The first-order valence-corrected chi connectivity index (χ1v) is 6.95. The van der Waals surface area contributed by atoms with Crippen molar-refractivity contribution in [3.63, 3.8) is 0 Å². The maximum atomic E-state index is 12.1. The van der Waals surface area contributed by atoms with Crippen LogP contribution < -0.4 is 9.47 Å². The Balaban J connectivity index is 2.75. The molecular weight excluding hydrogens is 328 g/mol. The molecule has 0 atom stereocenters. The van der Waals surface area contributed by atoms with Crippen molar-refractivity contribution in [2.24, 2.45) is 0 Å². The predicted octanol–water partition coefficient (Wildman–Crippen LogP) is 3.29. The Morgan fingerprint density at radius 1 is 1.10 bits per heavy atom. The largest absolute Gasteiger partial charge is 0.493 e. The van der Waals surface area contributed by atoms with Gasteiger partial charge < -0.3 is 14.6 Å². The summed E-state index contributed by atoms with van der Waals surface area (Å²) in [7, 11) is 3.03. The molecule has 1 N–H and O–H groups in total. The molecule has 0 heterocycles. The summed E-state index contributed by atoms with van der Waals surface area (Å²) in [6, 6.07) is 3.31. The molecule has 0 aliphatic heterocycles. The minimum Gasteiger partial charge on any atom is -0.493 e. The summed E-state index contributed by atoms with van der Waals surface area (Å²) < 4.78 is 10.9. The van der Waals surface area contributed by atoms with Gasteiger partial charge in [-0.25, -0.2) is 0 Å². The molecule has 0 aliphatic carbocycles. The maximum absolute atomic E-state index is 12.1. The van der Waals surface area contributed by atoms with Crippen molar-refractivity contribution in [3.8, 4) is 11.5 Å². The van der Waals surface area contributed by atoms with Crippen molar-refractivity contribution in [2.75, 3.05) is 14.2 Å². The van der Waals surface area contributed by atoms with E-state index in [0.717, 1.165) is 0 Å². The van der Waals surface area contributed by atoms with Crippen LogP contribution in [-0.2, 0) is 4.79 Å². The number of Topliss-reactive ketones (excluding diaryl/α,β-unsaturated/α-hetero) is 1. The second-order valence-electron chi connectivity index (χ2n) is 4.21. The van der Waals surface area contributed by atoms with Gasteiger partial charge in [0.05, 0.1) is 14.2 Å². The summed E-state index contributed by atoms with van der Waals surface area (Å²) in [4.78, 5) is 22.5. The zero-order valence-electron chi connectivity index (χ0n) is 11.4. The Hall–Kier alpha value is -1.56. The van der Waals surface area contributed by atoms with E-state index in [1.165, 1.54) is 14.2 Å². The number of hydrogen-bond donors (Lipinski definition) is 1. The summed E-state index contributed by atoms with van der Waals surface area (Å²) in [5.41, 5.74) is 0.512. The van der Waals surface area contributed by atoms with Crippen LogP contribution >= 0.6 is 15.9 Å². The van der Waals surface area contributed by atoms with Gasteiger partial charge in [0.1, 0.15) is 0 Å². The van der Waals surface area contributed by atoms with Gasteiger partial charge in [0.25, 0.3) is 0 Å². The number of methoxy groups -OCH3 is 2. The first kappa shape index (κ1) is 16.5. The van der Waals surface area contributed by atoms with Crippen LogP contribution in [0.5, 0.6) is 11.5 Å². The standard InChI is InChI=1S/C14H17BrO5/c1-19-12-7-9(10(15)8-13(12)20-2)11(16)5-3-4-6-14(17)18/h7-8H,3-6H2,1-2H3,(H,17,18). The van der Waals surface area contributed by atoms with Gasteiger partial charge >= 0.3 is 5.97 Å². The lowest BCUT2D eigenvalue weighted by Crippen LogP contribution is -2.03. The Morgan fingerprint density at radius 2 is 1.65 bits per heavy atom. The Kier molecular flexibility index (Phi) is 6.51. The number of carboxylic acids is 1. The fourth-order valence-electron chi connectivity index (χ4n) is 1.76. The minimum absolute atomic E-state index is 0.0526. The van der Waals surface area contributed by atoms with Crippen LogP contribution in [0.15, 0.2) is 16.6 Å². The van der Waals surface area contributed by atoms with Crippen molar-refractivity contribution >= 4 is 27.7 Å². The number of carbonyl (C=O) groups is 2. The molecule has 1 rings (SSSR count). The molecule has 0 unspecified atom stereocenters. The van der Waals surface area contributed by atoms with Gasteiger partial charge in [0.15, 0.2) is 17.3 Å². The molecule has 5 nitrogen and oxygen atoms in total. The third-order valence-electron chi connectivity index (χ3n) is 2.82. The van der Waals surface area contributed by atoms with Gasteiger partial charge in [0.2, 0.25) is 0 Å². The number of ketones is 1. The highest BCUT2D eigenvalue weighted by atomic mass is 79.9. The highest BCUT2D eigenvalue weighted by Crippen LogP contribution is 2.34. The fourth-order valence-corrected chi connectivity index (χ4v) is 2.31. The van der Waals surface area contributed by atoms with Crippen LogP contribution in [-0.4, -0.2) is 31.1 Å². The lowest BCUT2D eigenvalue weighted by molar-refractivity contribution is -0.137. The summed E-state index contributed by atoms with van der Waals surface area (Å²) in [6.45, 7) is 0. The normalized spacial score (nSPS) is 10.2. The topological polar surface area (TPSA) is 72.8 Å². The summed E-state index contributed by atoms with van der Waals surface area (Å²) >= 11 is 3.33. The van der Waals surface area contributed by atoms with E-state index >= 15 is 0 Å². The van der Waals surface area contributed by atoms with E-state index in [4.69, 9.17) is 14.6 Å². The summed E-state index contributed by atoms with van der Waals surface area (Å²) in [5, 5.41) is 8.54. The highest BCUT2D eigenvalue weighted by Gasteiger charge is 2.15. The van der Waals surface area contributed by atoms with Crippen LogP contribution in [0.4, 0.5) is 0 Å². The van der Waals surface area contributed by atoms with Crippen LogP contribution in [0.3, 0.4) is 0 Å². The molecule has 0 radical (unpaired) electrons. The van der Waals surface area contributed by atoms with Crippen molar-refractivity contribution in [2.45, 2.75) is 25.7 Å². The van der Waals surface area contributed by atoms with E-state index in [2.05, 4.69) is 15.9 Å². The van der Waals surface area contributed by atoms with E-state index in [-0.39, 0.29) is 12.2 Å². The van der Waals surface area contributed by atoms with Crippen LogP contribution in [0.1, 0.15) is 36.0 Å². The summed E-state index contributed by atoms with van der Waals surface area (Å²) in [5.74, 6) is 0.138. The molecule has 0 spiro atoms. The SMILES string of the molecule is COc1cc(Br)c(C(=O)CCCCC(=O)O)cc1OC. The second kappa shape index (κ2) is 7.89. The quantitative estimate of drug-likeness (QED) is 0.578. The average molecular weight is 345 g/mol. The zero-order chi connectivity index (χ0) is 15.1. The molecule has 0 bridgehead atoms. The van der Waals surface area contributed by atoms with Gasteiger partial charge in [-0.1, -0.05) is 0 Å². The van der Waals surface area contributed by atoms with Gasteiger partial charge in [0, 0.05) is 22.9 Å². The molecule has 110 valence electrons. The molecular formula is C14H17BrO5. The van der Waals surface area contributed by atoms with Gasteiger partial charge in [-0.15, -0.1) is 0 Å². The number of halogens is 1. The third-order valence-corrected chi connectivity index (χ3v) is 3.47. The summed E-state index contributed by atoms with van der Waals surface area (Å²) in [6.07, 6.45) is 1.43. The number of aliphatic carboxylic acids is 1. The van der Waals surface area contributed by atoms with Crippen molar-refractivity contribution in [1.29, 1.82) is 0 Å². The second-order valence-corrected chi connectivity index (χ2v) is 5.07. The lowest BCUT2D eigenvalue weighted by Gasteiger charge is -2.11. The molecule has 6 heteroatoms. The first-order valence-electron chi connectivity index (χ1n) is 6.16. The molecule has 0 saturated heterocycles. The number of hydrogen-bond acceptors (Lipinski definition) is 4. The van der Waals surface area contributed by atoms with Crippen LogP contribution in [0.25, 0.3) is 0 Å². The number of benzene rings is 1. The predicted molar refractivity (Wildman–Crippen MR) is 77.7 cm³/mol. The van der Waals surface area contributed by atoms with E-state index in [1.807, 2.05) is 0 Å². The molecule has 0 aromatic heterocycles. The smallest absolute Gasteiger partial charge is 0.303 e. The Bertz CT molecular complexity index is 499. The van der Waals surface area contributed by atoms with E-state index in [9.17, 15) is 9.59 Å². The number of ether oxygens (including phenoxy) is 2. The fraction of sp³-hybridized carbons (Fsp3) is 0.429.